The molecule has 0 radical (unpaired) electrons. The largest absolute Gasteiger partial charge is 0.354 e. The summed E-state index contributed by atoms with van der Waals surface area (Å²) < 4.78 is 0. The Hall–Kier alpha value is -2.70. The first-order valence-corrected chi connectivity index (χ1v) is 12.3. The molecule has 0 aromatic heterocycles. The van der Waals surface area contributed by atoms with Crippen LogP contribution in [0, 0.1) is 36.0 Å². The fourth-order valence-corrected chi connectivity index (χ4v) is 5.32. The van der Waals surface area contributed by atoms with Crippen LogP contribution in [-0.4, -0.2) is 73.3 Å². The molecule has 2 N–H and O–H groups in total. The number of likely N-dealkylation sites (tertiary alicyclic amines) is 1. The van der Waals surface area contributed by atoms with Crippen LogP contribution in [0.25, 0.3) is 0 Å². The highest BCUT2D eigenvalue weighted by molar-refractivity contribution is 6.06. The maximum absolute atomic E-state index is 12.7. The summed E-state index contributed by atoms with van der Waals surface area (Å²) >= 11 is 0. The molecule has 0 aromatic rings. The van der Waals surface area contributed by atoms with E-state index >= 15 is 0 Å². The van der Waals surface area contributed by atoms with Crippen LogP contribution in [0.1, 0.15) is 44.9 Å². The van der Waals surface area contributed by atoms with E-state index in [1.54, 1.807) is 11.9 Å². The average molecular weight is 473 g/mol. The van der Waals surface area contributed by atoms with Crippen LogP contribution in [0.5, 0.6) is 0 Å². The predicted octanol–water partition coefficient (Wildman–Crippen LogP) is 0.863. The average Bonchev–Trinajstić information content (AvgIpc) is 3.51. The van der Waals surface area contributed by atoms with Gasteiger partial charge in [-0.1, -0.05) is 30.9 Å². The maximum Gasteiger partial charge on any atom is 0.233 e. The summed E-state index contributed by atoms with van der Waals surface area (Å²) in [6.45, 7) is 1.94. The molecule has 0 aromatic carbocycles. The number of hydroxylamine groups is 1. The van der Waals surface area contributed by atoms with Gasteiger partial charge in [0.2, 0.25) is 23.6 Å². The van der Waals surface area contributed by atoms with E-state index in [1.807, 2.05) is 0 Å². The Morgan fingerprint density at radius 2 is 1.79 bits per heavy atom. The second-order valence-corrected chi connectivity index (χ2v) is 9.16. The first-order chi connectivity index (χ1) is 16.5. The number of carbonyl (C=O) groups is 4. The summed E-state index contributed by atoms with van der Waals surface area (Å²) in [6, 6.07) is 0. The minimum Gasteiger partial charge on any atom is -0.354 e. The summed E-state index contributed by atoms with van der Waals surface area (Å²) in [5.74, 6) is 2.42. The molecule has 0 spiro atoms. The fraction of sp³-hybridized carbons (Fsp3) is 0.680. The van der Waals surface area contributed by atoms with Crippen molar-refractivity contribution in [3.05, 3.63) is 12.2 Å². The van der Waals surface area contributed by atoms with Crippen LogP contribution in [0.4, 0.5) is 0 Å². The van der Waals surface area contributed by atoms with E-state index in [0.717, 1.165) is 32.1 Å². The number of amides is 4. The Labute approximate surface area is 201 Å². The molecule has 34 heavy (non-hydrogen) atoms. The first-order valence-electron chi connectivity index (χ1n) is 12.3. The third-order valence-corrected chi connectivity index (χ3v) is 6.99. The molecule has 2 aliphatic carbocycles. The zero-order chi connectivity index (χ0) is 24.5. The Kier molecular flexibility index (Phi) is 9.66. The van der Waals surface area contributed by atoms with Gasteiger partial charge in [-0.15, -0.1) is 6.42 Å². The van der Waals surface area contributed by atoms with Crippen molar-refractivity contribution >= 4 is 23.6 Å². The molecule has 1 heterocycles. The minimum absolute atomic E-state index is 0.0104. The highest BCUT2D eigenvalue weighted by atomic mass is 16.6. The SMILES string of the molecule is C#CCN(CCCCCCN1C(=O)[C@@H]2[C@H](C1=O)[C@H]1C=C[C@@H]2C1)C(=O)CCC(=O)NCCONC. The number of imide groups is 1. The number of fused-ring (bicyclic) bond motifs is 5. The van der Waals surface area contributed by atoms with Crippen molar-refractivity contribution in [2.75, 3.05) is 39.8 Å². The van der Waals surface area contributed by atoms with E-state index < -0.39 is 0 Å². The number of nitrogens with one attached hydrogen (secondary N) is 2. The molecule has 4 atom stereocenters. The van der Waals surface area contributed by atoms with Crippen LogP contribution < -0.4 is 10.8 Å². The lowest BCUT2D eigenvalue weighted by Crippen LogP contribution is -2.34. The number of unbranched alkanes of at least 4 members (excludes halogenated alkanes) is 3. The zero-order valence-corrected chi connectivity index (χ0v) is 20.0. The van der Waals surface area contributed by atoms with E-state index in [2.05, 4.69) is 28.9 Å². The minimum atomic E-state index is -0.201. The number of hydrogen-bond donors (Lipinski definition) is 2. The predicted molar refractivity (Wildman–Crippen MR) is 126 cm³/mol. The van der Waals surface area contributed by atoms with Gasteiger partial charge < -0.3 is 15.1 Å². The fourth-order valence-electron chi connectivity index (χ4n) is 5.32. The van der Waals surface area contributed by atoms with Crippen molar-refractivity contribution in [3.63, 3.8) is 0 Å². The molecule has 1 saturated carbocycles. The third-order valence-electron chi connectivity index (χ3n) is 6.99. The standard InChI is InChI=1S/C25H36N4O5/c1-3-13-28(21(31)11-10-20(30)27-12-16-34-26-2)14-6-4-5-7-15-29-24(32)22-18-8-9-19(17-18)23(22)25(29)33/h1,8-9,18-19,22-23,26H,4-7,10-17H2,2H3,(H,27,30)/t18-,19+,22+,23-. The molecule has 2 bridgehead atoms. The Morgan fingerprint density at radius 3 is 2.44 bits per heavy atom. The number of terminal acetylenes is 1. The lowest BCUT2D eigenvalue weighted by molar-refractivity contribution is -0.140. The molecule has 3 rings (SSSR count). The van der Waals surface area contributed by atoms with Crippen molar-refractivity contribution in [1.29, 1.82) is 0 Å². The van der Waals surface area contributed by atoms with Crippen molar-refractivity contribution in [1.82, 2.24) is 20.6 Å². The van der Waals surface area contributed by atoms with Crippen LogP contribution in [0.15, 0.2) is 12.2 Å². The van der Waals surface area contributed by atoms with Crippen molar-refractivity contribution in [2.24, 2.45) is 23.7 Å². The highest BCUT2D eigenvalue weighted by Gasteiger charge is 2.58. The lowest BCUT2D eigenvalue weighted by atomic mass is 9.85. The zero-order valence-electron chi connectivity index (χ0n) is 20.0. The van der Waals surface area contributed by atoms with E-state index in [1.165, 1.54) is 4.90 Å². The smallest absolute Gasteiger partial charge is 0.233 e. The third kappa shape index (κ3) is 6.24. The van der Waals surface area contributed by atoms with E-state index in [9.17, 15) is 19.2 Å². The summed E-state index contributed by atoms with van der Waals surface area (Å²) in [5.41, 5.74) is 2.52. The van der Waals surface area contributed by atoms with Crippen LogP contribution in [-0.2, 0) is 24.0 Å². The van der Waals surface area contributed by atoms with Gasteiger partial charge in [-0.3, -0.25) is 24.1 Å². The molecular weight excluding hydrogens is 436 g/mol. The molecule has 0 unspecified atom stereocenters. The number of carbonyl (C=O) groups excluding carboxylic acids is 4. The Balaban J connectivity index is 1.29. The summed E-state index contributed by atoms with van der Waals surface area (Å²) in [7, 11) is 1.64. The van der Waals surface area contributed by atoms with Crippen molar-refractivity contribution in [3.8, 4) is 12.3 Å². The van der Waals surface area contributed by atoms with E-state index in [0.29, 0.717) is 26.2 Å². The topological polar surface area (TPSA) is 108 Å². The summed E-state index contributed by atoms with van der Waals surface area (Å²) in [5, 5.41) is 2.69. The lowest BCUT2D eigenvalue weighted by Gasteiger charge is -2.20. The molecular formula is C25H36N4O5. The number of nitrogens with zero attached hydrogens (tertiary/aromatic N) is 2. The molecule has 1 saturated heterocycles. The van der Waals surface area contributed by atoms with Gasteiger partial charge in [0.1, 0.15) is 0 Å². The molecule has 9 heteroatoms. The van der Waals surface area contributed by atoms with Gasteiger partial charge in [-0.05, 0) is 31.1 Å². The van der Waals surface area contributed by atoms with Gasteiger partial charge in [0.15, 0.2) is 0 Å². The van der Waals surface area contributed by atoms with Crippen LogP contribution in [0.2, 0.25) is 0 Å². The van der Waals surface area contributed by atoms with Crippen molar-refractivity contribution in [2.45, 2.75) is 44.9 Å². The number of hydrogen-bond acceptors (Lipinski definition) is 6. The summed E-state index contributed by atoms with van der Waals surface area (Å²) in [4.78, 5) is 57.7. The molecule has 9 nitrogen and oxygen atoms in total. The van der Waals surface area contributed by atoms with Gasteiger partial charge in [-0.2, -0.15) is 0 Å². The molecule has 4 amide bonds. The monoisotopic (exact) mass is 472 g/mol. The van der Waals surface area contributed by atoms with Crippen molar-refractivity contribution < 1.29 is 24.0 Å². The van der Waals surface area contributed by atoms with Gasteiger partial charge in [-0.25, -0.2) is 5.48 Å². The number of allylic oxidation sites excluding steroid dienone is 2. The summed E-state index contributed by atoms with van der Waals surface area (Å²) in [6.07, 6.45) is 14.1. The van der Waals surface area contributed by atoms with Gasteiger partial charge in [0, 0.05) is 39.5 Å². The van der Waals surface area contributed by atoms with Crippen LogP contribution in [0.3, 0.4) is 0 Å². The second-order valence-electron chi connectivity index (χ2n) is 9.16. The second kappa shape index (κ2) is 12.7. The quantitative estimate of drug-likeness (QED) is 0.120. The Bertz CT molecular complexity index is 806. The first kappa shape index (κ1) is 25.9. The normalized spacial score (nSPS) is 24.4. The molecule has 1 aliphatic heterocycles. The Morgan fingerprint density at radius 1 is 1.12 bits per heavy atom. The maximum atomic E-state index is 12.7. The van der Waals surface area contributed by atoms with Crippen LogP contribution >= 0.6 is 0 Å². The van der Waals surface area contributed by atoms with E-state index in [4.69, 9.17) is 11.3 Å². The molecule has 3 aliphatic rings. The molecule has 186 valence electrons. The van der Waals surface area contributed by atoms with Gasteiger partial charge >= 0.3 is 0 Å². The van der Waals surface area contributed by atoms with E-state index in [-0.39, 0.29) is 66.7 Å². The van der Waals surface area contributed by atoms with Gasteiger partial charge in [0.05, 0.1) is 25.0 Å². The number of rotatable bonds is 15. The molecule has 2 fully saturated rings. The highest BCUT2D eigenvalue weighted by Crippen LogP contribution is 2.52. The van der Waals surface area contributed by atoms with Gasteiger partial charge in [0.25, 0.3) is 0 Å².